The van der Waals surface area contributed by atoms with E-state index in [4.69, 9.17) is 9.47 Å². The van der Waals surface area contributed by atoms with Crippen molar-refractivity contribution in [1.29, 1.82) is 0 Å². The summed E-state index contributed by atoms with van der Waals surface area (Å²) < 4.78 is 11.2. The number of carbonyl (C=O) groups is 2. The van der Waals surface area contributed by atoms with E-state index in [1.165, 1.54) is 12.1 Å². The van der Waals surface area contributed by atoms with Gasteiger partial charge in [0.25, 0.3) is 5.91 Å². The van der Waals surface area contributed by atoms with E-state index in [1.807, 2.05) is 18.2 Å². The average Bonchev–Trinajstić information content (AvgIpc) is 2.63. The quantitative estimate of drug-likeness (QED) is 0.705. The van der Waals surface area contributed by atoms with Gasteiger partial charge in [-0.05, 0) is 19.4 Å². The summed E-state index contributed by atoms with van der Waals surface area (Å²) in [5.41, 5.74) is 0.218. The van der Waals surface area contributed by atoms with Gasteiger partial charge in [0.05, 0.1) is 19.1 Å². The van der Waals surface area contributed by atoms with E-state index in [0.717, 1.165) is 5.56 Å². The molecule has 0 saturated heterocycles. The molecule has 7 heteroatoms. The molecule has 0 aliphatic carbocycles. The molecule has 3 rings (SSSR count). The van der Waals surface area contributed by atoms with Crippen molar-refractivity contribution in [2.45, 2.75) is 31.9 Å². The van der Waals surface area contributed by atoms with Gasteiger partial charge in [-0.25, -0.2) is 0 Å². The number of hydrogen-bond acceptors (Lipinski definition) is 6. The first-order chi connectivity index (χ1) is 13.3. The molecule has 3 N–H and O–H groups in total. The molecule has 2 aromatic rings. The second-order valence-corrected chi connectivity index (χ2v) is 7.28. The number of benzene rings is 2. The first-order valence-electron chi connectivity index (χ1n) is 8.96. The van der Waals surface area contributed by atoms with Gasteiger partial charge < -0.3 is 25.0 Å². The molecule has 1 heterocycles. The fourth-order valence-corrected chi connectivity index (χ4v) is 3.13. The van der Waals surface area contributed by atoms with E-state index < -0.39 is 17.6 Å². The van der Waals surface area contributed by atoms with E-state index in [0.29, 0.717) is 0 Å². The molecule has 1 atom stereocenters. The predicted molar refractivity (Wildman–Crippen MR) is 102 cm³/mol. The number of Topliss-reactive ketones (excluding diaryl/α,β-unsaturated/α-hetero) is 1. The SMILES string of the molecule is CC1(C)CC(=O)c2c(O)cc(OCC(=O)N[C@H](CO)c3ccccc3)cc2O1. The van der Waals surface area contributed by atoms with Crippen LogP contribution in [0.15, 0.2) is 42.5 Å². The van der Waals surface area contributed by atoms with Gasteiger partial charge in [0.1, 0.15) is 28.4 Å². The Morgan fingerprint density at radius 1 is 1.29 bits per heavy atom. The monoisotopic (exact) mass is 385 g/mol. The number of rotatable bonds is 6. The van der Waals surface area contributed by atoms with E-state index in [-0.39, 0.29) is 48.2 Å². The molecule has 0 aromatic heterocycles. The topological polar surface area (TPSA) is 105 Å². The van der Waals surface area contributed by atoms with Gasteiger partial charge >= 0.3 is 0 Å². The summed E-state index contributed by atoms with van der Waals surface area (Å²) in [6.07, 6.45) is 0.165. The van der Waals surface area contributed by atoms with Crippen LogP contribution in [0.5, 0.6) is 17.2 Å². The second kappa shape index (κ2) is 7.90. The van der Waals surface area contributed by atoms with Crippen molar-refractivity contribution < 1.29 is 29.3 Å². The molecule has 148 valence electrons. The number of ether oxygens (including phenoxy) is 2. The second-order valence-electron chi connectivity index (χ2n) is 7.28. The number of aliphatic hydroxyl groups is 1. The summed E-state index contributed by atoms with van der Waals surface area (Å²) >= 11 is 0. The van der Waals surface area contributed by atoms with Crippen molar-refractivity contribution >= 4 is 11.7 Å². The highest BCUT2D eigenvalue weighted by Crippen LogP contribution is 2.40. The van der Waals surface area contributed by atoms with E-state index in [2.05, 4.69) is 5.32 Å². The molecule has 0 radical (unpaired) electrons. The van der Waals surface area contributed by atoms with Gasteiger partial charge in [0, 0.05) is 12.1 Å². The number of aliphatic hydroxyl groups excluding tert-OH is 1. The zero-order chi connectivity index (χ0) is 20.3. The Morgan fingerprint density at radius 2 is 2.00 bits per heavy atom. The van der Waals surface area contributed by atoms with Crippen LogP contribution in [0.2, 0.25) is 0 Å². The molecular formula is C21H23NO6. The third-order valence-corrected chi connectivity index (χ3v) is 4.40. The van der Waals surface area contributed by atoms with Crippen molar-refractivity contribution in [3.63, 3.8) is 0 Å². The Hall–Kier alpha value is -3.06. The summed E-state index contributed by atoms with van der Waals surface area (Å²) in [6.45, 7) is 2.99. The van der Waals surface area contributed by atoms with Crippen molar-refractivity contribution in [2.24, 2.45) is 0 Å². The number of carbonyl (C=O) groups excluding carboxylic acids is 2. The van der Waals surface area contributed by atoms with Crippen LogP contribution in [0.25, 0.3) is 0 Å². The third-order valence-electron chi connectivity index (χ3n) is 4.40. The van der Waals surface area contributed by atoms with Gasteiger partial charge in [-0.15, -0.1) is 0 Å². The highest BCUT2D eigenvalue weighted by Gasteiger charge is 2.35. The standard InChI is InChI=1S/C21H23NO6/c1-21(2)10-17(25)20-16(24)8-14(9-18(20)28-21)27-12-19(26)22-15(11-23)13-6-4-3-5-7-13/h3-9,15,23-24H,10-12H2,1-2H3,(H,22,26)/t15-/m1/s1. The van der Waals surface area contributed by atoms with Crippen molar-refractivity contribution in [2.75, 3.05) is 13.2 Å². The zero-order valence-corrected chi connectivity index (χ0v) is 15.8. The van der Waals surface area contributed by atoms with Gasteiger partial charge in [-0.1, -0.05) is 30.3 Å². The summed E-state index contributed by atoms with van der Waals surface area (Å²) in [4.78, 5) is 24.4. The lowest BCUT2D eigenvalue weighted by molar-refractivity contribution is -0.124. The van der Waals surface area contributed by atoms with Crippen LogP contribution in [-0.2, 0) is 4.79 Å². The van der Waals surface area contributed by atoms with Crippen molar-refractivity contribution in [1.82, 2.24) is 5.32 Å². The maximum atomic E-state index is 12.2. The fourth-order valence-electron chi connectivity index (χ4n) is 3.13. The zero-order valence-electron chi connectivity index (χ0n) is 15.8. The average molecular weight is 385 g/mol. The van der Waals surface area contributed by atoms with Gasteiger partial charge in [-0.3, -0.25) is 9.59 Å². The molecule has 0 saturated carbocycles. The molecule has 28 heavy (non-hydrogen) atoms. The number of aromatic hydroxyl groups is 1. The molecule has 1 aliphatic heterocycles. The van der Waals surface area contributed by atoms with E-state index in [1.54, 1.807) is 26.0 Å². The number of amides is 1. The number of fused-ring (bicyclic) bond motifs is 1. The Kier molecular flexibility index (Phi) is 5.56. The Bertz CT molecular complexity index is 878. The number of nitrogens with one attached hydrogen (secondary N) is 1. The molecule has 7 nitrogen and oxygen atoms in total. The lowest BCUT2D eigenvalue weighted by atomic mass is 9.92. The number of phenols is 1. The van der Waals surface area contributed by atoms with Crippen LogP contribution < -0.4 is 14.8 Å². The summed E-state index contributed by atoms with van der Waals surface area (Å²) in [7, 11) is 0. The minimum absolute atomic E-state index is 0.126. The first-order valence-corrected chi connectivity index (χ1v) is 8.96. The number of phenolic OH excluding ortho intramolecular Hbond substituents is 1. The fraction of sp³-hybridized carbons (Fsp3) is 0.333. The molecule has 1 aliphatic rings. The number of ketones is 1. The lowest BCUT2D eigenvalue weighted by Gasteiger charge is -2.32. The van der Waals surface area contributed by atoms with Gasteiger partial charge in [0.15, 0.2) is 12.4 Å². The van der Waals surface area contributed by atoms with E-state index in [9.17, 15) is 19.8 Å². The molecular weight excluding hydrogens is 362 g/mol. The smallest absolute Gasteiger partial charge is 0.258 e. The largest absolute Gasteiger partial charge is 0.507 e. The minimum Gasteiger partial charge on any atom is -0.507 e. The Morgan fingerprint density at radius 3 is 2.68 bits per heavy atom. The highest BCUT2D eigenvalue weighted by atomic mass is 16.5. The first kappa shape index (κ1) is 19.7. The van der Waals surface area contributed by atoms with Crippen molar-refractivity contribution in [3.05, 3.63) is 53.6 Å². The summed E-state index contributed by atoms with van der Waals surface area (Å²) in [6, 6.07) is 11.3. The highest BCUT2D eigenvalue weighted by molar-refractivity contribution is 6.03. The maximum Gasteiger partial charge on any atom is 0.258 e. The molecule has 2 aromatic carbocycles. The Balaban J connectivity index is 1.67. The molecule has 0 fully saturated rings. The third kappa shape index (κ3) is 4.43. The molecule has 0 bridgehead atoms. The van der Waals surface area contributed by atoms with Crippen LogP contribution in [-0.4, -0.2) is 40.7 Å². The van der Waals surface area contributed by atoms with E-state index >= 15 is 0 Å². The Labute approximate surface area is 162 Å². The van der Waals surface area contributed by atoms with Crippen LogP contribution in [0.4, 0.5) is 0 Å². The predicted octanol–water partition coefficient (Wildman–Crippen LogP) is 2.36. The van der Waals surface area contributed by atoms with Gasteiger partial charge in [0.2, 0.25) is 0 Å². The van der Waals surface area contributed by atoms with Crippen LogP contribution >= 0.6 is 0 Å². The summed E-state index contributed by atoms with van der Waals surface area (Å²) in [5, 5.41) is 22.4. The van der Waals surface area contributed by atoms with Crippen LogP contribution in [0, 0.1) is 0 Å². The maximum absolute atomic E-state index is 12.2. The van der Waals surface area contributed by atoms with Crippen LogP contribution in [0.1, 0.15) is 42.2 Å². The molecule has 1 amide bonds. The molecule has 0 spiro atoms. The minimum atomic E-state index is -0.684. The summed E-state index contributed by atoms with van der Waals surface area (Å²) in [5.74, 6) is -0.448. The van der Waals surface area contributed by atoms with Crippen LogP contribution in [0.3, 0.4) is 0 Å². The number of hydrogen-bond donors (Lipinski definition) is 3. The molecule has 0 unspecified atom stereocenters. The van der Waals surface area contributed by atoms with Crippen molar-refractivity contribution in [3.8, 4) is 17.2 Å². The lowest BCUT2D eigenvalue weighted by Crippen LogP contribution is -2.36. The normalized spacial score (nSPS) is 15.9. The van der Waals surface area contributed by atoms with Gasteiger partial charge in [-0.2, -0.15) is 0 Å².